The number of nitrogens with zero attached hydrogens (tertiary/aromatic N) is 1. The first kappa shape index (κ1) is 12.4. The minimum atomic E-state index is -0.226. The highest BCUT2D eigenvalue weighted by Crippen LogP contribution is 2.28. The molecule has 4 heteroatoms. The quantitative estimate of drug-likeness (QED) is 0.810. The second-order valence-electron chi connectivity index (χ2n) is 5.11. The standard InChI is InChI=1S/C13H19NO3/c1-13(2,9-15)14(3)7-10-4-5-11-8-16-17-12(11)6-10/h4-6,15H,7-9H2,1-3H3. The molecule has 0 aromatic heterocycles. The van der Waals surface area contributed by atoms with Gasteiger partial charge in [0.25, 0.3) is 0 Å². The first-order valence-corrected chi connectivity index (χ1v) is 5.76. The van der Waals surface area contributed by atoms with Gasteiger partial charge in [0.05, 0.1) is 6.61 Å². The van der Waals surface area contributed by atoms with E-state index in [1.54, 1.807) is 0 Å². The van der Waals surface area contributed by atoms with Crippen molar-refractivity contribution in [2.24, 2.45) is 0 Å². The molecule has 94 valence electrons. The van der Waals surface area contributed by atoms with Gasteiger partial charge in [-0.1, -0.05) is 12.1 Å². The third-order valence-electron chi connectivity index (χ3n) is 3.33. The normalized spacial score (nSPS) is 14.9. The van der Waals surface area contributed by atoms with Gasteiger partial charge in [-0.05, 0) is 32.5 Å². The molecule has 17 heavy (non-hydrogen) atoms. The summed E-state index contributed by atoms with van der Waals surface area (Å²) < 4.78 is 0. The molecule has 1 aromatic rings. The maximum atomic E-state index is 9.31. The van der Waals surface area contributed by atoms with Crippen LogP contribution in [-0.4, -0.2) is 29.2 Å². The smallest absolute Gasteiger partial charge is 0.171 e. The van der Waals surface area contributed by atoms with E-state index >= 15 is 0 Å². The summed E-state index contributed by atoms with van der Waals surface area (Å²) in [5, 5.41) is 9.31. The summed E-state index contributed by atoms with van der Waals surface area (Å²) >= 11 is 0. The molecule has 0 saturated carbocycles. The fraction of sp³-hybridized carbons (Fsp3) is 0.538. The number of hydrogen-bond donors (Lipinski definition) is 1. The molecule has 1 aliphatic heterocycles. The van der Waals surface area contributed by atoms with E-state index in [-0.39, 0.29) is 12.1 Å². The Morgan fingerprint density at radius 3 is 2.88 bits per heavy atom. The van der Waals surface area contributed by atoms with Gasteiger partial charge in [-0.3, -0.25) is 4.90 Å². The molecule has 4 nitrogen and oxygen atoms in total. The van der Waals surface area contributed by atoms with Crippen LogP contribution in [0.15, 0.2) is 18.2 Å². The highest BCUT2D eigenvalue weighted by atomic mass is 17.2. The summed E-state index contributed by atoms with van der Waals surface area (Å²) in [6.07, 6.45) is 0. The monoisotopic (exact) mass is 237 g/mol. The van der Waals surface area contributed by atoms with Crippen molar-refractivity contribution < 1.29 is 14.9 Å². The highest BCUT2D eigenvalue weighted by Gasteiger charge is 2.23. The van der Waals surface area contributed by atoms with Crippen molar-refractivity contribution in [1.82, 2.24) is 4.90 Å². The second kappa shape index (κ2) is 4.64. The van der Waals surface area contributed by atoms with Crippen LogP contribution in [0.25, 0.3) is 0 Å². The topological polar surface area (TPSA) is 41.9 Å². The Morgan fingerprint density at radius 2 is 2.18 bits per heavy atom. The fourth-order valence-corrected chi connectivity index (χ4v) is 1.66. The van der Waals surface area contributed by atoms with Crippen LogP contribution in [0.2, 0.25) is 0 Å². The molecule has 0 aliphatic carbocycles. The molecular weight excluding hydrogens is 218 g/mol. The minimum Gasteiger partial charge on any atom is -0.394 e. The van der Waals surface area contributed by atoms with Crippen LogP contribution in [0.3, 0.4) is 0 Å². The predicted octanol–water partition coefficient (Wildman–Crippen LogP) is 1.71. The molecule has 0 unspecified atom stereocenters. The minimum absolute atomic E-state index is 0.133. The molecule has 0 spiro atoms. The van der Waals surface area contributed by atoms with E-state index in [0.29, 0.717) is 6.61 Å². The number of aliphatic hydroxyl groups is 1. The summed E-state index contributed by atoms with van der Waals surface area (Å²) in [6.45, 7) is 5.45. The summed E-state index contributed by atoms with van der Waals surface area (Å²) in [4.78, 5) is 12.1. The average molecular weight is 237 g/mol. The zero-order valence-electron chi connectivity index (χ0n) is 10.6. The van der Waals surface area contributed by atoms with Gasteiger partial charge < -0.3 is 9.99 Å². The van der Waals surface area contributed by atoms with E-state index in [0.717, 1.165) is 23.4 Å². The van der Waals surface area contributed by atoms with Crippen molar-refractivity contribution in [3.63, 3.8) is 0 Å². The van der Waals surface area contributed by atoms with Crippen LogP contribution in [-0.2, 0) is 18.0 Å². The van der Waals surface area contributed by atoms with E-state index in [1.165, 1.54) is 0 Å². The number of benzene rings is 1. The maximum Gasteiger partial charge on any atom is 0.171 e. The lowest BCUT2D eigenvalue weighted by Crippen LogP contribution is -2.43. The van der Waals surface area contributed by atoms with Gasteiger partial charge in [0.15, 0.2) is 5.75 Å². The van der Waals surface area contributed by atoms with Gasteiger partial charge in [0.2, 0.25) is 0 Å². The molecule has 1 aromatic carbocycles. The van der Waals surface area contributed by atoms with Crippen LogP contribution in [0.4, 0.5) is 0 Å². The molecule has 0 radical (unpaired) electrons. The van der Waals surface area contributed by atoms with Gasteiger partial charge in [-0.25, -0.2) is 0 Å². The lowest BCUT2D eigenvalue weighted by molar-refractivity contribution is -0.194. The second-order valence-corrected chi connectivity index (χ2v) is 5.11. The maximum absolute atomic E-state index is 9.31. The van der Waals surface area contributed by atoms with Crippen molar-refractivity contribution in [1.29, 1.82) is 0 Å². The van der Waals surface area contributed by atoms with E-state index in [1.807, 2.05) is 33.0 Å². The zero-order valence-corrected chi connectivity index (χ0v) is 10.6. The van der Waals surface area contributed by atoms with Crippen molar-refractivity contribution in [2.75, 3.05) is 13.7 Å². The van der Waals surface area contributed by atoms with Crippen molar-refractivity contribution in [3.05, 3.63) is 29.3 Å². The van der Waals surface area contributed by atoms with Gasteiger partial charge >= 0.3 is 0 Å². The molecule has 0 fully saturated rings. The largest absolute Gasteiger partial charge is 0.394 e. The Labute approximate surface area is 102 Å². The molecule has 0 amide bonds. The number of fused-ring (bicyclic) bond motifs is 1. The molecule has 1 heterocycles. The van der Waals surface area contributed by atoms with Crippen LogP contribution in [0.5, 0.6) is 5.75 Å². The van der Waals surface area contributed by atoms with Crippen molar-refractivity contribution in [2.45, 2.75) is 32.5 Å². The fourth-order valence-electron chi connectivity index (χ4n) is 1.66. The average Bonchev–Trinajstić information content (AvgIpc) is 2.76. The number of aliphatic hydroxyl groups excluding tert-OH is 1. The Bertz CT molecular complexity index is 404. The first-order valence-electron chi connectivity index (χ1n) is 5.76. The van der Waals surface area contributed by atoms with Crippen LogP contribution in [0.1, 0.15) is 25.0 Å². The predicted molar refractivity (Wildman–Crippen MR) is 64.5 cm³/mol. The summed E-state index contributed by atoms with van der Waals surface area (Å²) in [5.74, 6) is 0.803. The van der Waals surface area contributed by atoms with Crippen LogP contribution < -0.4 is 4.89 Å². The SMILES string of the molecule is CN(Cc1ccc2c(c1)OOC2)C(C)(C)CO. The van der Waals surface area contributed by atoms with E-state index in [2.05, 4.69) is 11.0 Å². The Balaban J connectivity index is 2.09. The van der Waals surface area contributed by atoms with Crippen LogP contribution >= 0.6 is 0 Å². The lowest BCUT2D eigenvalue weighted by atomic mass is 10.0. The van der Waals surface area contributed by atoms with Crippen molar-refractivity contribution in [3.8, 4) is 5.75 Å². The number of hydrogen-bond acceptors (Lipinski definition) is 4. The summed E-state index contributed by atoms with van der Waals surface area (Å²) in [5.41, 5.74) is 2.01. The lowest BCUT2D eigenvalue weighted by Gasteiger charge is -2.33. The molecule has 0 saturated heterocycles. The van der Waals surface area contributed by atoms with Gasteiger partial charge in [-0.15, -0.1) is 0 Å². The molecule has 1 aliphatic rings. The summed E-state index contributed by atoms with van der Waals surface area (Å²) in [6, 6.07) is 6.09. The molecule has 2 rings (SSSR count). The number of likely N-dealkylation sites (N-methyl/N-ethyl adjacent to an activating group) is 1. The third-order valence-corrected chi connectivity index (χ3v) is 3.33. The van der Waals surface area contributed by atoms with Gasteiger partial charge in [0.1, 0.15) is 6.61 Å². The van der Waals surface area contributed by atoms with Crippen LogP contribution in [0, 0.1) is 0 Å². The molecule has 1 N–H and O–H groups in total. The van der Waals surface area contributed by atoms with E-state index in [9.17, 15) is 5.11 Å². The Kier molecular flexibility index (Phi) is 3.38. The highest BCUT2D eigenvalue weighted by molar-refractivity contribution is 5.38. The van der Waals surface area contributed by atoms with Gasteiger partial charge in [-0.2, -0.15) is 4.89 Å². The number of rotatable bonds is 4. The molecular formula is C13H19NO3. The molecule has 0 atom stereocenters. The summed E-state index contributed by atoms with van der Waals surface area (Å²) in [7, 11) is 2.00. The van der Waals surface area contributed by atoms with Gasteiger partial charge in [0, 0.05) is 17.6 Å². The first-order chi connectivity index (χ1) is 8.03. The van der Waals surface area contributed by atoms with E-state index < -0.39 is 0 Å². The molecule has 0 bridgehead atoms. The van der Waals surface area contributed by atoms with Crippen molar-refractivity contribution >= 4 is 0 Å². The zero-order chi connectivity index (χ0) is 12.5. The Hall–Kier alpha value is -1.10. The van der Waals surface area contributed by atoms with E-state index in [4.69, 9.17) is 9.78 Å². The Morgan fingerprint density at radius 1 is 1.41 bits per heavy atom. The third kappa shape index (κ3) is 2.60.